The molecule has 2 amide bonds. The number of aryl methyl sites for hydroxylation is 1. The molecule has 0 saturated carbocycles. The third-order valence-electron chi connectivity index (χ3n) is 3.68. The number of amides is 2. The molecule has 1 aromatic heterocycles. The topological polar surface area (TPSA) is 78.4 Å². The van der Waals surface area contributed by atoms with Gasteiger partial charge in [-0.25, -0.2) is 0 Å². The molecular weight excluding hydrogens is 324 g/mol. The number of aliphatic hydroxyl groups is 1. The molecule has 0 aliphatic heterocycles. The summed E-state index contributed by atoms with van der Waals surface area (Å²) in [7, 11) is 0. The van der Waals surface area contributed by atoms with Gasteiger partial charge in [0.2, 0.25) is 5.91 Å². The zero-order chi connectivity index (χ0) is 17.7. The van der Waals surface area contributed by atoms with E-state index in [1.54, 1.807) is 32.0 Å². The summed E-state index contributed by atoms with van der Waals surface area (Å²) >= 11 is 1.43. The molecule has 0 aliphatic rings. The van der Waals surface area contributed by atoms with Crippen molar-refractivity contribution in [2.75, 3.05) is 6.54 Å². The van der Waals surface area contributed by atoms with Crippen molar-refractivity contribution in [3.63, 3.8) is 0 Å². The van der Waals surface area contributed by atoms with Crippen LogP contribution in [0.15, 0.2) is 41.8 Å². The molecule has 2 rings (SSSR count). The number of rotatable bonds is 6. The number of benzene rings is 1. The van der Waals surface area contributed by atoms with E-state index in [9.17, 15) is 14.7 Å². The van der Waals surface area contributed by atoms with E-state index in [0.717, 1.165) is 10.4 Å². The average molecular weight is 346 g/mol. The molecule has 2 unspecified atom stereocenters. The molecule has 24 heavy (non-hydrogen) atoms. The van der Waals surface area contributed by atoms with E-state index in [4.69, 9.17) is 0 Å². The number of hydrogen-bond donors (Lipinski definition) is 3. The number of nitrogens with one attached hydrogen (secondary N) is 2. The van der Waals surface area contributed by atoms with E-state index < -0.39 is 11.6 Å². The minimum absolute atomic E-state index is 0.0804. The van der Waals surface area contributed by atoms with Gasteiger partial charge in [0.05, 0.1) is 6.54 Å². The van der Waals surface area contributed by atoms with Gasteiger partial charge in [-0.3, -0.25) is 9.59 Å². The fraction of sp³-hybridized carbons (Fsp3) is 0.333. The largest absolute Gasteiger partial charge is 0.383 e. The van der Waals surface area contributed by atoms with Crippen molar-refractivity contribution in [1.82, 2.24) is 10.6 Å². The first kappa shape index (κ1) is 18.2. The predicted octanol–water partition coefficient (Wildman–Crippen LogP) is 2.20. The van der Waals surface area contributed by atoms with Crippen LogP contribution >= 0.6 is 11.3 Å². The van der Waals surface area contributed by atoms with Gasteiger partial charge in [0.25, 0.3) is 5.91 Å². The molecule has 1 heterocycles. The molecule has 3 N–H and O–H groups in total. The van der Waals surface area contributed by atoms with Crippen LogP contribution in [0.3, 0.4) is 0 Å². The lowest BCUT2D eigenvalue weighted by Gasteiger charge is -2.23. The molecule has 0 saturated heterocycles. The fourth-order valence-electron chi connectivity index (χ4n) is 2.22. The quantitative estimate of drug-likeness (QED) is 0.750. The van der Waals surface area contributed by atoms with E-state index in [1.165, 1.54) is 11.3 Å². The van der Waals surface area contributed by atoms with E-state index in [0.29, 0.717) is 5.56 Å². The Morgan fingerprint density at radius 3 is 2.67 bits per heavy atom. The van der Waals surface area contributed by atoms with Crippen LogP contribution in [0.5, 0.6) is 0 Å². The van der Waals surface area contributed by atoms with Crippen LogP contribution in [0.4, 0.5) is 0 Å². The van der Waals surface area contributed by atoms with Gasteiger partial charge in [-0.1, -0.05) is 23.8 Å². The van der Waals surface area contributed by atoms with Crippen LogP contribution in [0.1, 0.15) is 34.6 Å². The third-order valence-corrected chi connectivity index (χ3v) is 4.80. The minimum Gasteiger partial charge on any atom is -0.383 e. The van der Waals surface area contributed by atoms with Gasteiger partial charge in [-0.05, 0) is 44.4 Å². The number of carbonyl (C=O) groups excluding carboxylic acids is 2. The Morgan fingerprint density at radius 2 is 2.04 bits per heavy atom. The summed E-state index contributed by atoms with van der Waals surface area (Å²) in [6, 6.07) is 10.1. The molecule has 6 heteroatoms. The normalized spacial score (nSPS) is 14.5. The van der Waals surface area contributed by atoms with E-state index in [-0.39, 0.29) is 18.4 Å². The smallest absolute Gasteiger partial charge is 0.251 e. The molecule has 0 spiro atoms. The molecule has 0 aliphatic carbocycles. The van der Waals surface area contributed by atoms with E-state index in [2.05, 4.69) is 10.6 Å². The van der Waals surface area contributed by atoms with Crippen molar-refractivity contribution in [1.29, 1.82) is 0 Å². The highest BCUT2D eigenvalue weighted by Gasteiger charge is 2.26. The predicted molar refractivity (Wildman–Crippen MR) is 95.0 cm³/mol. The van der Waals surface area contributed by atoms with Gasteiger partial charge in [0.1, 0.15) is 11.6 Å². The maximum Gasteiger partial charge on any atom is 0.251 e. The van der Waals surface area contributed by atoms with Gasteiger partial charge in [0.15, 0.2) is 0 Å². The monoisotopic (exact) mass is 346 g/mol. The van der Waals surface area contributed by atoms with Crippen LogP contribution < -0.4 is 10.6 Å². The van der Waals surface area contributed by atoms with Crippen molar-refractivity contribution < 1.29 is 14.7 Å². The molecule has 1 aromatic carbocycles. The van der Waals surface area contributed by atoms with Crippen LogP contribution in [-0.4, -0.2) is 29.5 Å². The molecular formula is C18H22N2O3S. The average Bonchev–Trinajstić information content (AvgIpc) is 3.08. The summed E-state index contributed by atoms with van der Waals surface area (Å²) in [5.41, 5.74) is 0.358. The summed E-state index contributed by atoms with van der Waals surface area (Å²) in [6.45, 7) is 5.24. The Hall–Kier alpha value is -2.18. The molecule has 0 fully saturated rings. The Morgan fingerprint density at radius 1 is 1.29 bits per heavy atom. The Balaban J connectivity index is 1.89. The van der Waals surface area contributed by atoms with Crippen molar-refractivity contribution in [3.8, 4) is 0 Å². The minimum atomic E-state index is -1.13. The summed E-state index contributed by atoms with van der Waals surface area (Å²) in [6.07, 6.45) is 0. The van der Waals surface area contributed by atoms with Crippen LogP contribution in [0.25, 0.3) is 0 Å². The molecule has 0 bridgehead atoms. The van der Waals surface area contributed by atoms with Gasteiger partial charge in [-0.2, -0.15) is 0 Å². The third kappa shape index (κ3) is 4.66. The van der Waals surface area contributed by atoms with Gasteiger partial charge < -0.3 is 15.7 Å². The first-order chi connectivity index (χ1) is 11.3. The fourth-order valence-corrected chi connectivity index (χ4v) is 3.00. The Bertz CT molecular complexity index is 711. The van der Waals surface area contributed by atoms with Gasteiger partial charge in [-0.15, -0.1) is 11.3 Å². The van der Waals surface area contributed by atoms with Gasteiger partial charge >= 0.3 is 0 Å². The van der Waals surface area contributed by atoms with Crippen molar-refractivity contribution in [2.45, 2.75) is 32.4 Å². The molecule has 0 radical (unpaired) electrons. The SMILES string of the molecule is Cc1cccc(C(=O)NC(C)C(=O)NCC(C)(O)c2cccs2)c1. The zero-order valence-electron chi connectivity index (χ0n) is 14.0. The summed E-state index contributed by atoms with van der Waals surface area (Å²) in [5.74, 6) is -0.640. The highest BCUT2D eigenvalue weighted by Crippen LogP contribution is 2.24. The van der Waals surface area contributed by atoms with Crippen LogP contribution in [0, 0.1) is 6.92 Å². The van der Waals surface area contributed by atoms with Gasteiger partial charge in [0, 0.05) is 10.4 Å². The molecule has 128 valence electrons. The second-order valence-electron chi connectivity index (χ2n) is 6.03. The van der Waals surface area contributed by atoms with E-state index in [1.807, 2.05) is 30.5 Å². The summed E-state index contributed by atoms with van der Waals surface area (Å²) < 4.78 is 0. The second-order valence-corrected chi connectivity index (χ2v) is 6.98. The number of carbonyl (C=O) groups is 2. The standard InChI is InChI=1S/C18H22N2O3S/c1-12-6-4-7-14(10-12)17(22)20-13(2)16(21)19-11-18(3,23)15-8-5-9-24-15/h4-10,13,23H,11H2,1-3H3,(H,19,21)(H,20,22). The highest BCUT2D eigenvalue weighted by atomic mass is 32.1. The lowest BCUT2D eigenvalue weighted by Crippen LogP contribution is -2.48. The van der Waals surface area contributed by atoms with Crippen molar-refractivity contribution in [3.05, 3.63) is 57.8 Å². The summed E-state index contributed by atoms with van der Waals surface area (Å²) in [5, 5.41) is 17.6. The van der Waals surface area contributed by atoms with Crippen LogP contribution in [-0.2, 0) is 10.4 Å². The maximum absolute atomic E-state index is 12.2. The lowest BCUT2D eigenvalue weighted by atomic mass is 10.1. The Labute approximate surface area is 145 Å². The maximum atomic E-state index is 12.2. The van der Waals surface area contributed by atoms with Crippen molar-refractivity contribution in [2.24, 2.45) is 0 Å². The highest BCUT2D eigenvalue weighted by molar-refractivity contribution is 7.10. The number of hydrogen-bond acceptors (Lipinski definition) is 4. The molecule has 2 atom stereocenters. The number of thiophene rings is 1. The molecule has 2 aromatic rings. The van der Waals surface area contributed by atoms with Crippen molar-refractivity contribution >= 4 is 23.2 Å². The first-order valence-corrected chi connectivity index (χ1v) is 8.59. The Kier molecular flexibility index (Phi) is 5.75. The first-order valence-electron chi connectivity index (χ1n) is 7.71. The van der Waals surface area contributed by atoms with E-state index >= 15 is 0 Å². The zero-order valence-corrected chi connectivity index (χ0v) is 14.8. The summed E-state index contributed by atoms with van der Waals surface area (Å²) in [4.78, 5) is 25.1. The second kappa shape index (κ2) is 7.59. The van der Waals surface area contributed by atoms with Crippen LogP contribution in [0.2, 0.25) is 0 Å². The molecule has 5 nitrogen and oxygen atoms in total. The lowest BCUT2D eigenvalue weighted by molar-refractivity contribution is -0.123.